The number of pyridine rings is 1. The van der Waals surface area contributed by atoms with Gasteiger partial charge in [-0.3, -0.25) is 0 Å². The van der Waals surface area contributed by atoms with Crippen molar-refractivity contribution >= 4 is 11.7 Å². The number of nitrogens with zero attached hydrogens (tertiary/aromatic N) is 1. The fraction of sp³-hybridized carbons (Fsp3) is 0.538. The molecule has 1 saturated carbocycles. The third-order valence-electron chi connectivity index (χ3n) is 3.55. The Balaban J connectivity index is 1.71. The largest absolute Gasteiger partial charge is 0.477 e. The van der Waals surface area contributed by atoms with Crippen molar-refractivity contribution in [3.8, 4) is 0 Å². The molecule has 5 nitrogen and oxygen atoms in total. The summed E-state index contributed by atoms with van der Waals surface area (Å²) in [6, 6.07) is 3.67. The van der Waals surface area contributed by atoms with Crippen LogP contribution in [0.1, 0.15) is 29.8 Å². The van der Waals surface area contributed by atoms with Gasteiger partial charge >= 0.3 is 5.97 Å². The van der Waals surface area contributed by atoms with Gasteiger partial charge in [-0.25, -0.2) is 9.78 Å². The molecule has 1 aliphatic carbocycles. The van der Waals surface area contributed by atoms with E-state index < -0.39 is 5.97 Å². The Morgan fingerprint density at radius 1 is 1.44 bits per heavy atom. The third kappa shape index (κ3) is 2.31. The van der Waals surface area contributed by atoms with Crippen LogP contribution >= 0.6 is 0 Å². The second-order valence-electron chi connectivity index (χ2n) is 4.95. The van der Waals surface area contributed by atoms with E-state index in [9.17, 15) is 4.79 Å². The molecular weight excluding hydrogens is 232 g/mol. The lowest BCUT2D eigenvalue weighted by molar-refractivity contribution is 0.0690. The molecule has 5 heteroatoms. The van der Waals surface area contributed by atoms with Gasteiger partial charge in [-0.2, -0.15) is 0 Å². The summed E-state index contributed by atoms with van der Waals surface area (Å²) in [5.74, 6) is -0.314. The fourth-order valence-corrected chi connectivity index (χ4v) is 2.51. The Bertz CT molecular complexity index is 459. The molecule has 0 aromatic carbocycles. The summed E-state index contributed by atoms with van der Waals surface area (Å²) in [4.78, 5) is 14.7. The summed E-state index contributed by atoms with van der Waals surface area (Å²) in [6.07, 6.45) is 5.28. The Hall–Kier alpha value is -1.62. The van der Waals surface area contributed by atoms with Gasteiger partial charge in [0, 0.05) is 18.5 Å². The highest BCUT2D eigenvalue weighted by atomic mass is 16.5. The van der Waals surface area contributed by atoms with E-state index in [4.69, 9.17) is 9.84 Å². The maximum absolute atomic E-state index is 10.9. The molecule has 0 amide bonds. The van der Waals surface area contributed by atoms with Crippen LogP contribution < -0.4 is 5.32 Å². The minimum absolute atomic E-state index is 0.0712. The zero-order chi connectivity index (χ0) is 12.5. The summed E-state index contributed by atoms with van der Waals surface area (Å²) in [5.41, 5.74) is 0.880. The monoisotopic (exact) mass is 248 g/mol. The summed E-state index contributed by atoms with van der Waals surface area (Å²) in [6.45, 7) is 0.787. The summed E-state index contributed by atoms with van der Waals surface area (Å²) in [5, 5.41) is 12.3. The van der Waals surface area contributed by atoms with Crippen molar-refractivity contribution in [3.05, 3.63) is 24.0 Å². The molecule has 1 aliphatic heterocycles. The first-order valence-corrected chi connectivity index (χ1v) is 6.31. The number of ether oxygens (including phenoxy) is 1. The SMILES string of the molecule is O=C(O)c1cc(NC2CCOC2C2CC2)ccn1. The number of rotatable bonds is 4. The number of carboxylic acid groups (broad SMARTS) is 1. The molecule has 2 heterocycles. The van der Waals surface area contributed by atoms with E-state index >= 15 is 0 Å². The summed E-state index contributed by atoms with van der Waals surface area (Å²) >= 11 is 0. The number of nitrogens with one attached hydrogen (secondary N) is 1. The highest BCUT2D eigenvalue weighted by Crippen LogP contribution is 2.39. The van der Waals surface area contributed by atoms with Crippen molar-refractivity contribution < 1.29 is 14.6 Å². The molecule has 0 radical (unpaired) electrons. The van der Waals surface area contributed by atoms with Crippen LogP contribution in [-0.2, 0) is 4.74 Å². The zero-order valence-corrected chi connectivity index (χ0v) is 10.0. The average Bonchev–Trinajstić information content (AvgIpc) is 3.11. The Morgan fingerprint density at radius 3 is 3.00 bits per heavy atom. The van der Waals surface area contributed by atoms with Gasteiger partial charge in [0.2, 0.25) is 0 Å². The van der Waals surface area contributed by atoms with Crippen LogP contribution in [0.2, 0.25) is 0 Å². The molecule has 2 aliphatic rings. The maximum Gasteiger partial charge on any atom is 0.354 e. The number of hydrogen-bond acceptors (Lipinski definition) is 4. The lowest BCUT2D eigenvalue weighted by Crippen LogP contribution is -2.31. The van der Waals surface area contributed by atoms with Gasteiger partial charge in [0.15, 0.2) is 0 Å². The Kier molecular flexibility index (Phi) is 2.91. The van der Waals surface area contributed by atoms with E-state index in [-0.39, 0.29) is 11.8 Å². The highest BCUT2D eigenvalue weighted by molar-refractivity contribution is 5.86. The molecule has 96 valence electrons. The topological polar surface area (TPSA) is 71.5 Å². The number of carbonyl (C=O) groups is 1. The van der Waals surface area contributed by atoms with E-state index in [1.807, 2.05) is 0 Å². The molecule has 2 N–H and O–H groups in total. The first kappa shape index (κ1) is 11.5. The van der Waals surface area contributed by atoms with E-state index in [0.717, 1.165) is 18.7 Å². The van der Waals surface area contributed by atoms with Crippen LogP contribution in [0.15, 0.2) is 18.3 Å². The van der Waals surface area contributed by atoms with Crippen molar-refractivity contribution in [2.24, 2.45) is 5.92 Å². The van der Waals surface area contributed by atoms with Crippen LogP contribution in [0.25, 0.3) is 0 Å². The second-order valence-corrected chi connectivity index (χ2v) is 4.95. The smallest absolute Gasteiger partial charge is 0.354 e. The number of aromatic nitrogens is 1. The lowest BCUT2D eigenvalue weighted by atomic mass is 10.1. The minimum Gasteiger partial charge on any atom is -0.477 e. The molecule has 1 aromatic rings. The summed E-state index contributed by atoms with van der Waals surface area (Å²) in [7, 11) is 0. The van der Waals surface area contributed by atoms with Gasteiger partial charge in [-0.15, -0.1) is 0 Å². The molecule has 1 aromatic heterocycles. The van der Waals surface area contributed by atoms with Gasteiger partial charge < -0.3 is 15.2 Å². The third-order valence-corrected chi connectivity index (χ3v) is 3.55. The van der Waals surface area contributed by atoms with E-state index in [0.29, 0.717) is 12.0 Å². The zero-order valence-electron chi connectivity index (χ0n) is 10.0. The normalized spacial score (nSPS) is 27.1. The molecule has 2 unspecified atom stereocenters. The molecular formula is C13H16N2O3. The number of aromatic carboxylic acids is 1. The van der Waals surface area contributed by atoms with Crippen LogP contribution in [-0.4, -0.2) is 34.8 Å². The lowest BCUT2D eigenvalue weighted by Gasteiger charge is -2.20. The maximum atomic E-state index is 10.9. The molecule has 3 rings (SSSR count). The second kappa shape index (κ2) is 4.57. The van der Waals surface area contributed by atoms with E-state index in [1.165, 1.54) is 19.0 Å². The van der Waals surface area contributed by atoms with Crippen LogP contribution in [0.5, 0.6) is 0 Å². The average molecular weight is 248 g/mol. The van der Waals surface area contributed by atoms with Gasteiger partial charge in [0.25, 0.3) is 0 Å². The van der Waals surface area contributed by atoms with E-state index in [2.05, 4.69) is 10.3 Å². The van der Waals surface area contributed by atoms with Gasteiger partial charge in [0.05, 0.1) is 12.1 Å². The van der Waals surface area contributed by atoms with Crippen molar-refractivity contribution in [1.29, 1.82) is 0 Å². The van der Waals surface area contributed by atoms with Gasteiger partial charge in [-0.05, 0) is 37.3 Å². The summed E-state index contributed by atoms with van der Waals surface area (Å²) < 4.78 is 5.74. The first-order valence-electron chi connectivity index (χ1n) is 6.31. The standard InChI is InChI=1S/C13H16N2O3/c16-13(17)11-7-9(3-5-14-11)15-10-4-6-18-12(10)8-1-2-8/h3,5,7-8,10,12H,1-2,4,6H2,(H,14,15)(H,16,17). The Labute approximate surface area is 105 Å². The first-order chi connectivity index (χ1) is 8.74. The fourth-order valence-electron chi connectivity index (χ4n) is 2.51. The molecule has 2 fully saturated rings. The van der Waals surface area contributed by atoms with Crippen LogP contribution in [0.3, 0.4) is 0 Å². The highest BCUT2D eigenvalue weighted by Gasteiger charge is 2.40. The van der Waals surface area contributed by atoms with Crippen molar-refractivity contribution in [1.82, 2.24) is 4.98 Å². The molecule has 0 spiro atoms. The molecule has 0 bridgehead atoms. The van der Waals surface area contributed by atoms with Crippen molar-refractivity contribution in [3.63, 3.8) is 0 Å². The minimum atomic E-state index is -1.000. The number of hydrogen-bond donors (Lipinski definition) is 2. The number of carboxylic acids is 1. The van der Waals surface area contributed by atoms with Crippen molar-refractivity contribution in [2.45, 2.75) is 31.4 Å². The van der Waals surface area contributed by atoms with Crippen molar-refractivity contribution in [2.75, 3.05) is 11.9 Å². The molecule has 18 heavy (non-hydrogen) atoms. The van der Waals surface area contributed by atoms with Gasteiger partial charge in [0.1, 0.15) is 5.69 Å². The predicted octanol–water partition coefficient (Wildman–Crippen LogP) is 1.76. The predicted molar refractivity (Wildman–Crippen MR) is 65.7 cm³/mol. The van der Waals surface area contributed by atoms with Crippen LogP contribution in [0, 0.1) is 5.92 Å². The number of anilines is 1. The molecule has 2 atom stereocenters. The van der Waals surface area contributed by atoms with Crippen LogP contribution in [0.4, 0.5) is 5.69 Å². The Morgan fingerprint density at radius 2 is 2.28 bits per heavy atom. The molecule has 1 saturated heterocycles. The van der Waals surface area contributed by atoms with E-state index in [1.54, 1.807) is 12.1 Å². The quantitative estimate of drug-likeness (QED) is 0.849. The van der Waals surface area contributed by atoms with Gasteiger partial charge in [-0.1, -0.05) is 0 Å².